The predicted molar refractivity (Wildman–Crippen MR) is 79.4 cm³/mol. The quantitative estimate of drug-likeness (QED) is 0.898. The maximum atomic E-state index is 4.45. The molecular weight excluding hydrogens is 290 g/mol. The summed E-state index contributed by atoms with van der Waals surface area (Å²) in [6.45, 7) is 4.06. The van der Waals surface area contributed by atoms with Crippen LogP contribution in [-0.2, 0) is 6.42 Å². The summed E-state index contributed by atoms with van der Waals surface area (Å²) in [7, 11) is 0. The molecule has 0 atom stereocenters. The Labute approximate surface area is 115 Å². The first-order valence-corrected chi connectivity index (χ1v) is 7.07. The molecule has 0 saturated heterocycles. The molecule has 0 amide bonds. The summed E-state index contributed by atoms with van der Waals surface area (Å²) >= 11 is 3.54. The van der Waals surface area contributed by atoms with Gasteiger partial charge >= 0.3 is 0 Å². The van der Waals surface area contributed by atoms with Crippen LogP contribution in [0.5, 0.6) is 0 Å². The second-order valence-corrected chi connectivity index (χ2v) is 5.59. The van der Waals surface area contributed by atoms with Crippen molar-refractivity contribution < 1.29 is 0 Å². The van der Waals surface area contributed by atoms with E-state index in [0.29, 0.717) is 0 Å². The summed E-state index contributed by atoms with van der Waals surface area (Å²) in [5.74, 6) is 1.15. The van der Waals surface area contributed by atoms with E-state index in [2.05, 4.69) is 56.3 Å². The zero-order chi connectivity index (χ0) is 12.5. The Hall–Kier alpha value is -1.29. The van der Waals surface area contributed by atoms with Gasteiger partial charge in [0, 0.05) is 34.0 Å². The van der Waals surface area contributed by atoms with Crippen LogP contribution >= 0.6 is 15.9 Å². The number of fused-ring (bicyclic) bond motifs is 1. The van der Waals surface area contributed by atoms with E-state index in [1.165, 1.54) is 22.2 Å². The third-order valence-corrected chi connectivity index (χ3v) is 3.93. The number of aliphatic imine (C=N–C) groups is 1. The predicted octanol–water partition coefficient (Wildman–Crippen LogP) is 3.17. The Bertz CT molecular complexity index is 613. The molecule has 2 heterocycles. The minimum atomic E-state index is 0.924. The molecule has 94 valence electrons. The Balaban J connectivity index is 1.90. The fourth-order valence-corrected chi connectivity index (χ4v) is 2.90. The van der Waals surface area contributed by atoms with E-state index < -0.39 is 0 Å². The molecule has 0 aliphatic carbocycles. The summed E-state index contributed by atoms with van der Waals surface area (Å²) < 4.78 is 1.13. The van der Waals surface area contributed by atoms with E-state index >= 15 is 0 Å². The number of hydrogen-bond donors (Lipinski definition) is 2. The number of amidine groups is 1. The van der Waals surface area contributed by atoms with Crippen molar-refractivity contribution in [3.63, 3.8) is 0 Å². The highest BCUT2D eigenvalue weighted by molar-refractivity contribution is 9.10. The average Bonchev–Trinajstić information content (AvgIpc) is 2.94. The van der Waals surface area contributed by atoms with Crippen LogP contribution < -0.4 is 5.32 Å². The molecule has 1 aromatic carbocycles. The van der Waals surface area contributed by atoms with E-state index in [-0.39, 0.29) is 0 Å². The highest BCUT2D eigenvalue weighted by atomic mass is 79.9. The van der Waals surface area contributed by atoms with E-state index in [1.807, 2.05) is 0 Å². The third-order valence-electron chi connectivity index (χ3n) is 3.44. The topological polar surface area (TPSA) is 40.2 Å². The van der Waals surface area contributed by atoms with Gasteiger partial charge in [0.25, 0.3) is 0 Å². The maximum absolute atomic E-state index is 4.45. The van der Waals surface area contributed by atoms with Crippen LogP contribution in [0.15, 0.2) is 27.7 Å². The average molecular weight is 306 g/mol. The molecule has 3 nitrogen and oxygen atoms in total. The maximum Gasteiger partial charge on any atom is 0.0967 e. The van der Waals surface area contributed by atoms with Crippen LogP contribution in [0.3, 0.4) is 0 Å². The first-order chi connectivity index (χ1) is 8.74. The molecule has 1 aromatic heterocycles. The second-order valence-electron chi connectivity index (χ2n) is 4.67. The Kier molecular flexibility index (Phi) is 3.12. The number of nitrogens with zero attached hydrogens (tertiary/aromatic N) is 1. The van der Waals surface area contributed by atoms with Gasteiger partial charge in [0.2, 0.25) is 0 Å². The van der Waals surface area contributed by atoms with Gasteiger partial charge < -0.3 is 10.3 Å². The number of nitrogens with one attached hydrogen (secondary N) is 2. The largest absolute Gasteiger partial charge is 0.372 e. The first-order valence-electron chi connectivity index (χ1n) is 6.28. The zero-order valence-electron chi connectivity index (χ0n) is 10.4. The molecule has 0 unspecified atom stereocenters. The van der Waals surface area contributed by atoms with Crippen molar-refractivity contribution in [2.45, 2.75) is 19.8 Å². The number of halogens is 1. The number of aromatic amines is 1. The summed E-state index contributed by atoms with van der Waals surface area (Å²) in [4.78, 5) is 7.90. The van der Waals surface area contributed by atoms with Crippen molar-refractivity contribution in [3.8, 4) is 0 Å². The van der Waals surface area contributed by atoms with Gasteiger partial charge in [0.15, 0.2) is 0 Å². The van der Waals surface area contributed by atoms with Crippen molar-refractivity contribution in [1.29, 1.82) is 0 Å². The molecule has 1 aliphatic rings. The van der Waals surface area contributed by atoms with Gasteiger partial charge in [-0.15, -0.1) is 0 Å². The highest BCUT2D eigenvalue weighted by Crippen LogP contribution is 2.26. The van der Waals surface area contributed by atoms with Crippen molar-refractivity contribution in [1.82, 2.24) is 10.3 Å². The molecule has 0 bridgehead atoms. The van der Waals surface area contributed by atoms with Crippen molar-refractivity contribution in [2.24, 2.45) is 4.99 Å². The monoisotopic (exact) mass is 305 g/mol. The van der Waals surface area contributed by atoms with Gasteiger partial charge in [-0.25, -0.2) is 0 Å². The van der Waals surface area contributed by atoms with Crippen LogP contribution in [0.4, 0.5) is 0 Å². The molecule has 2 aromatic rings. The minimum absolute atomic E-state index is 0.924. The first kappa shape index (κ1) is 11.8. The fraction of sp³-hybridized carbons (Fsp3) is 0.357. The summed E-state index contributed by atoms with van der Waals surface area (Å²) in [5.41, 5.74) is 3.89. The molecule has 0 fully saturated rings. The lowest BCUT2D eigenvalue weighted by Crippen LogP contribution is -2.18. The summed E-state index contributed by atoms with van der Waals surface area (Å²) in [6, 6.07) is 6.39. The van der Waals surface area contributed by atoms with Gasteiger partial charge in [-0.1, -0.05) is 15.9 Å². The van der Waals surface area contributed by atoms with Gasteiger partial charge in [-0.2, -0.15) is 0 Å². The molecule has 3 rings (SSSR count). The molecule has 0 radical (unpaired) electrons. The zero-order valence-corrected chi connectivity index (χ0v) is 12.0. The number of hydrogen-bond acceptors (Lipinski definition) is 2. The minimum Gasteiger partial charge on any atom is -0.372 e. The standard InChI is InChI=1S/C14H16BrN3/c1-9-11(3-5-14-16-6-7-17-14)12-8-10(15)2-4-13(12)18-9/h2,4,8,18H,3,5-7H2,1H3,(H,16,17). The number of aryl methyl sites for hydroxylation is 2. The van der Waals surface area contributed by atoms with Crippen LogP contribution in [0, 0.1) is 6.92 Å². The Morgan fingerprint density at radius 3 is 3.00 bits per heavy atom. The third kappa shape index (κ3) is 2.17. The normalized spacial score (nSPS) is 14.9. The van der Waals surface area contributed by atoms with E-state index in [1.54, 1.807) is 0 Å². The molecule has 0 spiro atoms. The van der Waals surface area contributed by atoms with Crippen LogP contribution in [0.25, 0.3) is 10.9 Å². The fourth-order valence-electron chi connectivity index (χ4n) is 2.53. The molecule has 4 heteroatoms. The molecule has 18 heavy (non-hydrogen) atoms. The van der Waals surface area contributed by atoms with Gasteiger partial charge in [-0.05, 0) is 37.1 Å². The van der Waals surface area contributed by atoms with Gasteiger partial charge in [0.05, 0.1) is 12.4 Å². The Morgan fingerprint density at radius 1 is 1.33 bits per heavy atom. The van der Waals surface area contributed by atoms with Crippen LogP contribution in [0.2, 0.25) is 0 Å². The molecule has 1 aliphatic heterocycles. The lowest BCUT2D eigenvalue weighted by atomic mass is 10.1. The lowest BCUT2D eigenvalue weighted by molar-refractivity contribution is 0.933. The number of benzene rings is 1. The highest BCUT2D eigenvalue weighted by Gasteiger charge is 2.11. The molecular formula is C14H16BrN3. The summed E-state index contributed by atoms with van der Waals surface area (Å²) in [6.07, 6.45) is 2.04. The Morgan fingerprint density at radius 2 is 2.22 bits per heavy atom. The SMILES string of the molecule is Cc1[nH]c2ccc(Br)cc2c1CCC1=NCCN1. The van der Waals surface area contributed by atoms with Gasteiger partial charge in [0.1, 0.15) is 0 Å². The number of aromatic nitrogens is 1. The van der Waals surface area contributed by atoms with Crippen LogP contribution in [-0.4, -0.2) is 23.9 Å². The number of rotatable bonds is 3. The van der Waals surface area contributed by atoms with Crippen molar-refractivity contribution >= 4 is 32.7 Å². The van der Waals surface area contributed by atoms with E-state index in [9.17, 15) is 0 Å². The smallest absolute Gasteiger partial charge is 0.0967 e. The van der Waals surface area contributed by atoms with Crippen LogP contribution in [0.1, 0.15) is 17.7 Å². The molecule has 2 N–H and O–H groups in total. The van der Waals surface area contributed by atoms with Crippen molar-refractivity contribution in [2.75, 3.05) is 13.1 Å². The summed E-state index contributed by atoms with van der Waals surface area (Å²) in [5, 5.41) is 4.65. The van der Waals surface area contributed by atoms with Gasteiger partial charge in [-0.3, -0.25) is 4.99 Å². The van der Waals surface area contributed by atoms with E-state index in [4.69, 9.17) is 0 Å². The number of H-pyrrole nitrogens is 1. The lowest BCUT2D eigenvalue weighted by Gasteiger charge is -2.03. The molecule has 0 saturated carbocycles. The van der Waals surface area contributed by atoms with E-state index in [0.717, 1.165) is 36.2 Å². The van der Waals surface area contributed by atoms with Crippen molar-refractivity contribution in [3.05, 3.63) is 33.9 Å². The second kappa shape index (κ2) is 4.76.